The smallest absolute Gasteiger partial charge is 0.339 e. The molecular weight excluding hydrogens is 285 g/mol. The van der Waals surface area contributed by atoms with Crippen LogP contribution >= 0.6 is 11.6 Å². The van der Waals surface area contributed by atoms with E-state index in [0.717, 1.165) is 0 Å². The van der Waals surface area contributed by atoms with E-state index < -0.39 is 11.8 Å². The molecule has 0 saturated carbocycles. The molecule has 20 heavy (non-hydrogen) atoms. The predicted octanol–water partition coefficient (Wildman–Crippen LogP) is 3.24. The van der Waals surface area contributed by atoms with Crippen LogP contribution in [0.1, 0.15) is 16.1 Å². The summed E-state index contributed by atoms with van der Waals surface area (Å²) < 4.78 is 23.1. The number of aromatic nitrogens is 1. The molecule has 0 N–H and O–H groups in total. The highest BCUT2D eigenvalue weighted by Crippen LogP contribution is 2.21. The molecule has 0 saturated heterocycles. The van der Waals surface area contributed by atoms with Crippen molar-refractivity contribution in [3.63, 3.8) is 0 Å². The summed E-state index contributed by atoms with van der Waals surface area (Å²) in [6, 6.07) is 7.40. The number of pyridine rings is 1. The topological polar surface area (TPSA) is 48.4 Å². The monoisotopic (exact) mass is 295 g/mol. The Labute approximate surface area is 120 Å². The van der Waals surface area contributed by atoms with Gasteiger partial charge in [-0.15, -0.1) is 0 Å². The van der Waals surface area contributed by atoms with E-state index in [4.69, 9.17) is 16.3 Å². The summed E-state index contributed by atoms with van der Waals surface area (Å²) in [5.74, 6) is -0.645. The quantitative estimate of drug-likeness (QED) is 0.813. The Morgan fingerprint density at radius 3 is 2.75 bits per heavy atom. The fourth-order valence-electron chi connectivity index (χ4n) is 1.47. The molecule has 0 atom stereocenters. The van der Waals surface area contributed by atoms with Crippen molar-refractivity contribution in [2.45, 2.75) is 6.61 Å². The van der Waals surface area contributed by atoms with Gasteiger partial charge in [-0.25, -0.2) is 9.18 Å². The first kappa shape index (κ1) is 14.3. The molecule has 2 aromatic rings. The zero-order valence-electron chi connectivity index (χ0n) is 10.6. The number of carbonyl (C=O) groups excluding carboxylic acids is 1. The predicted molar refractivity (Wildman–Crippen MR) is 71.3 cm³/mol. The van der Waals surface area contributed by atoms with E-state index in [0.29, 0.717) is 17.0 Å². The van der Waals surface area contributed by atoms with Crippen LogP contribution in [0.4, 0.5) is 4.39 Å². The highest BCUT2D eigenvalue weighted by molar-refractivity contribution is 6.30. The minimum Gasteiger partial charge on any atom is -0.487 e. The summed E-state index contributed by atoms with van der Waals surface area (Å²) in [6.07, 6.45) is 1.40. The first-order valence-electron chi connectivity index (χ1n) is 5.71. The number of halogens is 2. The van der Waals surface area contributed by atoms with Crippen molar-refractivity contribution in [2.24, 2.45) is 0 Å². The van der Waals surface area contributed by atoms with Gasteiger partial charge in [0.05, 0.1) is 23.4 Å². The molecule has 6 heteroatoms. The molecule has 0 bridgehead atoms. The Bertz CT molecular complexity index is 616. The summed E-state index contributed by atoms with van der Waals surface area (Å²) >= 11 is 5.57. The lowest BCUT2D eigenvalue weighted by atomic mass is 10.2. The number of esters is 1. The summed E-state index contributed by atoms with van der Waals surface area (Å²) in [5.41, 5.74) is 0.960. The average molecular weight is 296 g/mol. The number of methoxy groups -OCH3 is 1. The molecule has 0 amide bonds. The number of benzene rings is 1. The second-order valence-corrected chi connectivity index (χ2v) is 4.30. The lowest BCUT2D eigenvalue weighted by Crippen LogP contribution is -2.04. The highest BCUT2D eigenvalue weighted by atomic mass is 35.5. The van der Waals surface area contributed by atoms with Gasteiger partial charge in [-0.3, -0.25) is 4.98 Å². The van der Waals surface area contributed by atoms with E-state index >= 15 is 0 Å². The molecule has 4 nitrogen and oxygen atoms in total. The normalized spacial score (nSPS) is 10.2. The Morgan fingerprint density at radius 2 is 2.15 bits per heavy atom. The van der Waals surface area contributed by atoms with Crippen LogP contribution in [0.3, 0.4) is 0 Å². The number of carbonyl (C=O) groups is 1. The van der Waals surface area contributed by atoms with Crippen LogP contribution in [0.25, 0.3) is 0 Å². The SMILES string of the molecule is COC(=O)c1ccc(COc2ccc(Cl)c(F)c2)nc1. The Kier molecular flexibility index (Phi) is 4.53. The standard InChI is InChI=1S/C14H11ClFNO3/c1-19-14(18)9-2-3-10(17-7-9)8-20-11-4-5-12(15)13(16)6-11/h2-7H,8H2,1H3. The maximum absolute atomic E-state index is 13.2. The van der Waals surface area contributed by atoms with Gasteiger partial charge in [0.1, 0.15) is 18.2 Å². The van der Waals surface area contributed by atoms with Crippen molar-refractivity contribution < 1.29 is 18.7 Å². The Hall–Kier alpha value is -2.14. The third-order valence-electron chi connectivity index (χ3n) is 2.52. The van der Waals surface area contributed by atoms with Gasteiger partial charge in [-0.1, -0.05) is 11.6 Å². The van der Waals surface area contributed by atoms with Crippen LogP contribution in [0.5, 0.6) is 5.75 Å². The average Bonchev–Trinajstić information content (AvgIpc) is 2.48. The van der Waals surface area contributed by atoms with E-state index in [1.165, 1.54) is 25.4 Å². The fourth-order valence-corrected chi connectivity index (χ4v) is 1.59. The van der Waals surface area contributed by atoms with Crippen molar-refractivity contribution in [1.29, 1.82) is 0 Å². The molecule has 0 radical (unpaired) electrons. The molecule has 0 aliphatic rings. The number of nitrogens with zero attached hydrogens (tertiary/aromatic N) is 1. The largest absolute Gasteiger partial charge is 0.487 e. The van der Waals surface area contributed by atoms with Gasteiger partial charge in [0.25, 0.3) is 0 Å². The molecule has 2 rings (SSSR count). The first-order valence-corrected chi connectivity index (χ1v) is 6.09. The summed E-state index contributed by atoms with van der Waals surface area (Å²) in [6.45, 7) is 0.155. The summed E-state index contributed by atoms with van der Waals surface area (Å²) in [5, 5.41) is 0.0397. The van der Waals surface area contributed by atoms with E-state index in [-0.39, 0.29) is 11.6 Å². The van der Waals surface area contributed by atoms with E-state index in [1.807, 2.05) is 0 Å². The Morgan fingerprint density at radius 1 is 1.35 bits per heavy atom. The van der Waals surface area contributed by atoms with Crippen LogP contribution in [-0.2, 0) is 11.3 Å². The molecule has 0 spiro atoms. The molecule has 0 unspecified atom stereocenters. The zero-order valence-corrected chi connectivity index (χ0v) is 11.4. The minimum absolute atomic E-state index is 0.0397. The molecule has 104 valence electrons. The van der Waals surface area contributed by atoms with Gasteiger partial charge in [0, 0.05) is 12.3 Å². The minimum atomic E-state index is -0.543. The lowest BCUT2D eigenvalue weighted by molar-refractivity contribution is 0.0600. The number of hydrogen-bond donors (Lipinski definition) is 0. The zero-order chi connectivity index (χ0) is 14.5. The molecule has 0 fully saturated rings. The van der Waals surface area contributed by atoms with Crippen LogP contribution in [0, 0.1) is 5.82 Å². The van der Waals surface area contributed by atoms with Crippen molar-refractivity contribution in [2.75, 3.05) is 7.11 Å². The van der Waals surface area contributed by atoms with Crippen LogP contribution in [0.2, 0.25) is 5.02 Å². The maximum atomic E-state index is 13.2. The number of rotatable bonds is 4. The van der Waals surface area contributed by atoms with Crippen LogP contribution in [-0.4, -0.2) is 18.1 Å². The number of hydrogen-bond acceptors (Lipinski definition) is 4. The second kappa shape index (κ2) is 6.34. The molecular formula is C14H11ClFNO3. The van der Waals surface area contributed by atoms with Crippen molar-refractivity contribution in [1.82, 2.24) is 4.98 Å². The first-order chi connectivity index (χ1) is 9.60. The molecule has 0 aliphatic heterocycles. The third kappa shape index (κ3) is 3.45. The molecule has 0 aliphatic carbocycles. The third-order valence-corrected chi connectivity index (χ3v) is 2.83. The summed E-state index contributed by atoms with van der Waals surface area (Å²) in [4.78, 5) is 15.3. The van der Waals surface area contributed by atoms with Gasteiger partial charge in [0.15, 0.2) is 0 Å². The van der Waals surface area contributed by atoms with Crippen molar-refractivity contribution in [3.05, 3.63) is 58.6 Å². The second-order valence-electron chi connectivity index (χ2n) is 3.89. The van der Waals surface area contributed by atoms with E-state index in [2.05, 4.69) is 9.72 Å². The van der Waals surface area contributed by atoms with Gasteiger partial charge in [-0.2, -0.15) is 0 Å². The maximum Gasteiger partial charge on any atom is 0.339 e. The van der Waals surface area contributed by atoms with Gasteiger partial charge < -0.3 is 9.47 Å². The van der Waals surface area contributed by atoms with Gasteiger partial charge in [-0.05, 0) is 24.3 Å². The van der Waals surface area contributed by atoms with Gasteiger partial charge >= 0.3 is 5.97 Å². The van der Waals surface area contributed by atoms with Crippen molar-refractivity contribution >= 4 is 17.6 Å². The van der Waals surface area contributed by atoms with Gasteiger partial charge in [0.2, 0.25) is 0 Å². The van der Waals surface area contributed by atoms with Crippen LogP contribution in [0.15, 0.2) is 36.5 Å². The van der Waals surface area contributed by atoms with E-state index in [9.17, 15) is 9.18 Å². The Balaban J connectivity index is 2.00. The summed E-state index contributed by atoms with van der Waals surface area (Å²) in [7, 11) is 1.30. The van der Waals surface area contributed by atoms with Crippen molar-refractivity contribution in [3.8, 4) is 5.75 Å². The van der Waals surface area contributed by atoms with Crippen LogP contribution < -0.4 is 4.74 Å². The molecule has 1 aromatic heterocycles. The fraction of sp³-hybridized carbons (Fsp3) is 0.143. The molecule has 1 aromatic carbocycles. The lowest BCUT2D eigenvalue weighted by Gasteiger charge is -2.06. The molecule has 1 heterocycles. The highest BCUT2D eigenvalue weighted by Gasteiger charge is 2.06. The van der Waals surface area contributed by atoms with E-state index in [1.54, 1.807) is 18.2 Å². The number of ether oxygens (including phenoxy) is 2.